The van der Waals surface area contributed by atoms with Crippen molar-refractivity contribution in [3.8, 4) is 0 Å². The molecule has 10 heteroatoms. The average Bonchev–Trinajstić information content (AvgIpc) is 2.82. The second kappa shape index (κ2) is 14.3. The molecule has 0 aromatic heterocycles. The highest BCUT2D eigenvalue weighted by atomic mass is 35.5. The Kier molecular flexibility index (Phi) is 11.9. The van der Waals surface area contributed by atoms with Gasteiger partial charge in [0, 0.05) is 45.8 Å². The summed E-state index contributed by atoms with van der Waals surface area (Å²) in [6.45, 7) is 11.9. The van der Waals surface area contributed by atoms with Crippen molar-refractivity contribution < 1.29 is 9.90 Å². The number of nitrogens with one attached hydrogen (secondary N) is 2. The highest BCUT2D eigenvalue weighted by Crippen LogP contribution is 2.22. The van der Waals surface area contributed by atoms with E-state index in [1.807, 2.05) is 19.9 Å². The molecule has 1 aliphatic heterocycles. The Morgan fingerprint density at radius 2 is 1.76 bits per heavy atom. The summed E-state index contributed by atoms with van der Waals surface area (Å²) in [6.07, 6.45) is 1.40. The van der Waals surface area contributed by atoms with Crippen LogP contribution in [0.15, 0.2) is 46.4 Å². The van der Waals surface area contributed by atoms with Crippen LogP contribution in [-0.2, 0) is 11.3 Å². The molecule has 2 rings (SSSR count). The zero-order valence-electron chi connectivity index (χ0n) is 20.2. The molecule has 0 bridgehead atoms. The number of rotatable bonds is 11. The molecule has 8 nitrogen and oxygen atoms in total. The van der Waals surface area contributed by atoms with E-state index >= 15 is 0 Å². The van der Waals surface area contributed by atoms with Crippen LogP contribution in [0.1, 0.15) is 26.3 Å². The van der Waals surface area contributed by atoms with Crippen molar-refractivity contribution in [3.05, 3.63) is 57.0 Å². The third-order valence-electron chi connectivity index (χ3n) is 5.60. The molecular formula is C24H36Cl2N6O2. The fourth-order valence-electron chi connectivity index (χ4n) is 3.49. The smallest absolute Gasteiger partial charge is 0.275 e. The maximum absolute atomic E-state index is 13.1. The number of β-amino-alcohol motifs (C(OH)–C–C–N with tert-alkyl or cyclic N) is 1. The van der Waals surface area contributed by atoms with E-state index in [1.165, 1.54) is 6.20 Å². The van der Waals surface area contributed by atoms with E-state index < -0.39 is 0 Å². The quantitative estimate of drug-likeness (QED) is 0.340. The number of carbonyl (C=O) groups is 1. The number of allylic oxidation sites excluding steroid dienone is 1. The number of hydrogen-bond donors (Lipinski definition) is 4. The lowest BCUT2D eigenvalue weighted by molar-refractivity contribution is -0.114. The summed E-state index contributed by atoms with van der Waals surface area (Å²) in [6, 6.07) is 5.41. The lowest BCUT2D eigenvalue weighted by atomic mass is 10.1. The Bertz CT molecular complexity index is 920. The number of benzene rings is 1. The number of piperazine rings is 1. The fourth-order valence-corrected chi connectivity index (χ4v) is 3.82. The molecule has 1 fully saturated rings. The molecule has 1 heterocycles. The summed E-state index contributed by atoms with van der Waals surface area (Å²) >= 11 is 12.1. The third kappa shape index (κ3) is 8.92. The third-order valence-corrected chi connectivity index (χ3v) is 6.34. The number of hydrogen-bond acceptors (Lipinski definition) is 7. The van der Waals surface area contributed by atoms with E-state index in [9.17, 15) is 4.79 Å². The highest BCUT2D eigenvalue weighted by Gasteiger charge is 2.18. The van der Waals surface area contributed by atoms with Gasteiger partial charge in [0.2, 0.25) is 0 Å². The molecule has 1 aromatic rings. The minimum absolute atomic E-state index is 0.184. The van der Waals surface area contributed by atoms with E-state index in [0.717, 1.165) is 43.9 Å². The fraction of sp³-hybridized carbons (Fsp3) is 0.500. The number of carbonyl (C=O) groups excluding carboxylic acids is 1. The number of nitrogens with two attached hydrogens (primary N) is 1. The predicted molar refractivity (Wildman–Crippen MR) is 140 cm³/mol. The zero-order chi connectivity index (χ0) is 25.1. The molecule has 1 aliphatic rings. The van der Waals surface area contributed by atoms with E-state index in [1.54, 1.807) is 19.1 Å². The molecule has 1 saturated heterocycles. The van der Waals surface area contributed by atoms with Crippen LogP contribution in [0.4, 0.5) is 0 Å². The van der Waals surface area contributed by atoms with Gasteiger partial charge in [-0.15, -0.1) is 0 Å². The van der Waals surface area contributed by atoms with Crippen LogP contribution in [0.5, 0.6) is 0 Å². The Labute approximate surface area is 212 Å². The van der Waals surface area contributed by atoms with Crippen LogP contribution in [0.2, 0.25) is 10.0 Å². The molecule has 188 valence electrons. The van der Waals surface area contributed by atoms with Crippen molar-refractivity contribution in [2.24, 2.45) is 10.7 Å². The van der Waals surface area contributed by atoms with Gasteiger partial charge in [-0.3, -0.25) is 19.6 Å². The van der Waals surface area contributed by atoms with E-state index in [-0.39, 0.29) is 12.5 Å². The number of halogens is 2. The monoisotopic (exact) mass is 510 g/mol. The molecule has 0 aliphatic carbocycles. The first-order chi connectivity index (χ1) is 16.2. The van der Waals surface area contributed by atoms with Gasteiger partial charge in [0.1, 0.15) is 11.5 Å². The van der Waals surface area contributed by atoms with Gasteiger partial charge in [-0.1, -0.05) is 29.3 Å². The van der Waals surface area contributed by atoms with Crippen LogP contribution in [0.25, 0.3) is 0 Å². The first-order valence-electron chi connectivity index (χ1n) is 11.4. The van der Waals surface area contributed by atoms with Crippen molar-refractivity contribution in [1.29, 1.82) is 0 Å². The van der Waals surface area contributed by atoms with E-state index in [4.69, 9.17) is 34.0 Å². The lowest BCUT2D eigenvalue weighted by Gasteiger charge is -2.33. The van der Waals surface area contributed by atoms with E-state index in [0.29, 0.717) is 46.8 Å². The zero-order valence-corrected chi connectivity index (χ0v) is 21.7. The van der Waals surface area contributed by atoms with Crippen molar-refractivity contribution in [2.75, 3.05) is 52.4 Å². The summed E-state index contributed by atoms with van der Waals surface area (Å²) in [7, 11) is 0. The second-order valence-corrected chi connectivity index (χ2v) is 9.23. The molecule has 34 heavy (non-hydrogen) atoms. The van der Waals surface area contributed by atoms with Crippen molar-refractivity contribution in [3.63, 3.8) is 0 Å². The molecule has 1 aromatic carbocycles. The van der Waals surface area contributed by atoms with Gasteiger partial charge in [-0.25, -0.2) is 0 Å². The van der Waals surface area contributed by atoms with Crippen LogP contribution < -0.4 is 16.4 Å². The van der Waals surface area contributed by atoms with Gasteiger partial charge in [0.05, 0.1) is 23.2 Å². The average molecular weight is 511 g/mol. The first kappa shape index (κ1) is 28.1. The van der Waals surface area contributed by atoms with E-state index in [2.05, 4.69) is 25.4 Å². The maximum Gasteiger partial charge on any atom is 0.275 e. The minimum Gasteiger partial charge on any atom is -0.404 e. The molecule has 0 unspecified atom stereocenters. The Balaban J connectivity index is 1.98. The van der Waals surface area contributed by atoms with Gasteiger partial charge in [0.15, 0.2) is 0 Å². The van der Waals surface area contributed by atoms with Gasteiger partial charge in [-0.2, -0.15) is 0 Å². The summed E-state index contributed by atoms with van der Waals surface area (Å²) < 4.78 is 0. The maximum atomic E-state index is 13.1. The number of nitrogens with zero attached hydrogens (tertiary/aromatic N) is 3. The van der Waals surface area contributed by atoms with Gasteiger partial charge in [0.25, 0.3) is 5.91 Å². The molecule has 1 amide bonds. The number of aliphatic imine (C=N–C) groups is 1. The summed E-state index contributed by atoms with van der Waals surface area (Å²) in [4.78, 5) is 22.2. The lowest BCUT2D eigenvalue weighted by Crippen LogP contribution is -2.47. The Morgan fingerprint density at radius 1 is 1.12 bits per heavy atom. The van der Waals surface area contributed by atoms with Crippen molar-refractivity contribution >= 4 is 34.8 Å². The molecule has 0 spiro atoms. The summed E-state index contributed by atoms with van der Waals surface area (Å²) in [5.41, 5.74) is 8.50. The minimum atomic E-state index is -0.315. The summed E-state index contributed by atoms with van der Waals surface area (Å²) in [5.74, 6) is 0.290. The molecular weight excluding hydrogens is 475 g/mol. The van der Waals surface area contributed by atoms with Gasteiger partial charge < -0.3 is 21.5 Å². The number of aliphatic hydroxyl groups excluding tert-OH is 1. The Morgan fingerprint density at radius 3 is 2.32 bits per heavy atom. The highest BCUT2D eigenvalue weighted by molar-refractivity contribution is 6.45. The van der Waals surface area contributed by atoms with Crippen LogP contribution >= 0.6 is 23.2 Å². The predicted octanol–water partition coefficient (Wildman–Crippen LogP) is 2.36. The normalized spacial score (nSPS) is 15.8. The van der Waals surface area contributed by atoms with Crippen LogP contribution in [-0.4, -0.2) is 78.9 Å². The topological polar surface area (TPSA) is 106 Å². The standard InChI is InChI=1S/C24H36Cl2N6O2/c1-17(2)23(29-16-19-4-5-20(25)21(26)14-19)30-24(34)22(18(3)15-27)28-6-7-31-8-10-32(11-9-31)12-13-33/h4-5,14-15,29,33H,6-13,16,27H2,1-3H3,(H,30,34). The van der Waals surface area contributed by atoms with Crippen molar-refractivity contribution in [2.45, 2.75) is 27.3 Å². The summed E-state index contributed by atoms with van der Waals surface area (Å²) in [5, 5.41) is 16.3. The van der Waals surface area contributed by atoms with Crippen molar-refractivity contribution in [1.82, 2.24) is 20.4 Å². The van der Waals surface area contributed by atoms with Gasteiger partial charge >= 0.3 is 0 Å². The molecule has 0 radical (unpaired) electrons. The SMILES string of the molecule is CC(=CN)C(=NCCN1CCN(CCO)CC1)C(=O)NC(NCc1ccc(Cl)c(Cl)c1)=C(C)C. The largest absolute Gasteiger partial charge is 0.404 e. The van der Waals surface area contributed by atoms with Crippen LogP contribution in [0.3, 0.4) is 0 Å². The number of aliphatic hydroxyl groups is 1. The first-order valence-corrected chi connectivity index (χ1v) is 12.2. The number of amides is 1. The molecule has 0 atom stereocenters. The van der Waals surface area contributed by atoms with Gasteiger partial charge in [-0.05, 0) is 55.8 Å². The molecule has 5 N–H and O–H groups in total. The second-order valence-electron chi connectivity index (χ2n) is 8.42. The Hall–Kier alpha value is -2.10. The van der Waals surface area contributed by atoms with Crippen LogP contribution in [0, 0.1) is 0 Å². The molecule has 0 saturated carbocycles.